The van der Waals surface area contributed by atoms with Crippen molar-refractivity contribution in [2.45, 2.75) is 6.42 Å². The Labute approximate surface area is 107 Å². The van der Waals surface area contributed by atoms with Crippen LogP contribution < -0.4 is 10.6 Å². The van der Waals surface area contributed by atoms with Crippen LogP contribution in [0.2, 0.25) is 0 Å². The SMILES string of the molecule is Nc1cc(N2CCc3ncsc3C2=O)ccc1F. The van der Waals surface area contributed by atoms with E-state index >= 15 is 0 Å². The normalized spacial score (nSPS) is 14.7. The number of benzene rings is 1. The van der Waals surface area contributed by atoms with Crippen molar-refractivity contribution < 1.29 is 9.18 Å². The average molecular weight is 263 g/mol. The van der Waals surface area contributed by atoms with Crippen LogP contribution >= 0.6 is 11.3 Å². The number of hydrogen-bond acceptors (Lipinski definition) is 4. The Bertz CT molecular complexity index is 626. The number of hydrogen-bond donors (Lipinski definition) is 1. The molecule has 1 aliphatic heterocycles. The third kappa shape index (κ3) is 1.65. The van der Waals surface area contributed by atoms with Gasteiger partial charge < -0.3 is 10.6 Å². The molecule has 2 N–H and O–H groups in total. The van der Waals surface area contributed by atoms with Gasteiger partial charge in [0.15, 0.2) is 0 Å². The van der Waals surface area contributed by atoms with Crippen molar-refractivity contribution in [2.24, 2.45) is 0 Å². The third-order valence-electron chi connectivity index (χ3n) is 2.94. The van der Waals surface area contributed by atoms with Crippen LogP contribution in [0.3, 0.4) is 0 Å². The Morgan fingerprint density at radius 3 is 3.06 bits per heavy atom. The molecule has 0 spiro atoms. The standard InChI is InChI=1S/C12H10FN3OS/c13-8-2-1-7(5-9(8)14)16-4-3-10-11(12(16)17)18-6-15-10/h1-2,5-6H,3-4,14H2. The smallest absolute Gasteiger partial charge is 0.270 e. The zero-order valence-corrected chi connectivity index (χ0v) is 10.2. The molecule has 6 heteroatoms. The summed E-state index contributed by atoms with van der Waals surface area (Å²) < 4.78 is 13.1. The minimum atomic E-state index is -0.471. The summed E-state index contributed by atoms with van der Waals surface area (Å²) in [6.45, 7) is 0.542. The van der Waals surface area contributed by atoms with Crippen molar-refractivity contribution in [3.05, 3.63) is 40.1 Å². The molecule has 4 nitrogen and oxygen atoms in total. The van der Waals surface area contributed by atoms with Gasteiger partial charge in [0.05, 0.1) is 16.9 Å². The number of anilines is 2. The van der Waals surface area contributed by atoms with Crippen LogP contribution in [-0.2, 0) is 6.42 Å². The summed E-state index contributed by atoms with van der Waals surface area (Å²) in [5.74, 6) is -0.563. The van der Waals surface area contributed by atoms with Gasteiger partial charge in [0.2, 0.25) is 0 Å². The van der Waals surface area contributed by atoms with E-state index in [-0.39, 0.29) is 11.6 Å². The van der Waals surface area contributed by atoms with Gasteiger partial charge in [-0.25, -0.2) is 9.37 Å². The number of nitrogens with two attached hydrogens (primary N) is 1. The number of amides is 1. The van der Waals surface area contributed by atoms with Gasteiger partial charge in [-0.1, -0.05) is 0 Å². The van der Waals surface area contributed by atoms with Crippen LogP contribution in [0.15, 0.2) is 23.7 Å². The van der Waals surface area contributed by atoms with Crippen molar-refractivity contribution in [3.63, 3.8) is 0 Å². The van der Waals surface area contributed by atoms with Crippen LogP contribution in [0.5, 0.6) is 0 Å². The second kappa shape index (κ2) is 4.06. The summed E-state index contributed by atoms with van der Waals surface area (Å²) in [6, 6.07) is 4.33. The fraction of sp³-hybridized carbons (Fsp3) is 0.167. The summed E-state index contributed by atoms with van der Waals surface area (Å²) >= 11 is 1.33. The Morgan fingerprint density at radius 1 is 1.44 bits per heavy atom. The van der Waals surface area contributed by atoms with Gasteiger partial charge in [-0.15, -0.1) is 11.3 Å². The highest BCUT2D eigenvalue weighted by atomic mass is 32.1. The van der Waals surface area contributed by atoms with Crippen molar-refractivity contribution in [2.75, 3.05) is 17.2 Å². The number of thiazole rings is 1. The molecular formula is C12H10FN3OS. The van der Waals surface area contributed by atoms with Gasteiger partial charge in [0.1, 0.15) is 10.7 Å². The lowest BCUT2D eigenvalue weighted by molar-refractivity contribution is 0.0984. The van der Waals surface area contributed by atoms with E-state index in [4.69, 9.17) is 5.73 Å². The van der Waals surface area contributed by atoms with E-state index in [1.54, 1.807) is 16.5 Å². The maximum atomic E-state index is 13.1. The summed E-state index contributed by atoms with van der Waals surface area (Å²) in [5.41, 5.74) is 8.71. The fourth-order valence-corrected chi connectivity index (χ4v) is 2.80. The Morgan fingerprint density at radius 2 is 2.28 bits per heavy atom. The predicted octanol–water partition coefficient (Wildman–Crippen LogP) is 2.07. The van der Waals surface area contributed by atoms with Crippen molar-refractivity contribution >= 4 is 28.6 Å². The second-order valence-corrected chi connectivity index (χ2v) is 4.90. The second-order valence-electron chi connectivity index (χ2n) is 4.04. The van der Waals surface area contributed by atoms with Crippen molar-refractivity contribution in [3.8, 4) is 0 Å². The summed E-state index contributed by atoms with van der Waals surface area (Å²) in [6.07, 6.45) is 0.710. The lowest BCUT2D eigenvalue weighted by atomic mass is 10.1. The first-order valence-corrected chi connectivity index (χ1v) is 6.34. The molecule has 2 heterocycles. The minimum Gasteiger partial charge on any atom is -0.396 e. The van der Waals surface area contributed by atoms with Gasteiger partial charge in [-0.2, -0.15) is 0 Å². The number of nitrogens with zero attached hydrogens (tertiary/aromatic N) is 2. The first-order chi connectivity index (χ1) is 8.66. The molecule has 3 rings (SSSR count). The number of carbonyl (C=O) groups is 1. The molecule has 1 aromatic carbocycles. The summed E-state index contributed by atoms with van der Waals surface area (Å²) in [7, 11) is 0. The van der Waals surface area contributed by atoms with E-state index in [9.17, 15) is 9.18 Å². The Hall–Kier alpha value is -1.95. The highest BCUT2D eigenvalue weighted by molar-refractivity contribution is 7.12. The van der Waals surface area contributed by atoms with Crippen LogP contribution in [0.4, 0.5) is 15.8 Å². The van der Waals surface area contributed by atoms with Crippen LogP contribution in [0.1, 0.15) is 15.4 Å². The van der Waals surface area contributed by atoms with Crippen molar-refractivity contribution in [1.82, 2.24) is 4.98 Å². The largest absolute Gasteiger partial charge is 0.396 e. The molecule has 2 aromatic rings. The van der Waals surface area contributed by atoms with E-state index in [0.29, 0.717) is 23.5 Å². The monoisotopic (exact) mass is 263 g/mol. The summed E-state index contributed by atoms with van der Waals surface area (Å²) in [4.78, 5) is 18.7. The molecule has 92 valence electrons. The van der Waals surface area contributed by atoms with Crippen LogP contribution in [0, 0.1) is 5.82 Å². The number of aromatic nitrogens is 1. The minimum absolute atomic E-state index is 0.0513. The van der Waals surface area contributed by atoms with Crippen LogP contribution in [-0.4, -0.2) is 17.4 Å². The van der Waals surface area contributed by atoms with E-state index in [0.717, 1.165) is 5.69 Å². The first kappa shape index (κ1) is 11.2. The maximum absolute atomic E-state index is 13.1. The number of halogens is 1. The van der Waals surface area contributed by atoms with Gasteiger partial charge >= 0.3 is 0 Å². The van der Waals surface area contributed by atoms with E-state index < -0.39 is 5.82 Å². The molecule has 0 saturated carbocycles. The molecule has 0 bridgehead atoms. The van der Waals surface area contributed by atoms with Gasteiger partial charge in [0, 0.05) is 18.7 Å². The lowest BCUT2D eigenvalue weighted by Gasteiger charge is -2.26. The molecule has 0 fully saturated rings. The molecule has 1 amide bonds. The van der Waals surface area contributed by atoms with E-state index in [1.165, 1.54) is 23.5 Å². The van der Waals surface area contributed by atoms with Gasteiger partial charge in [-0.3, -0.25) is 4.79 Å². The summed E-state index contributed by atoms with van der Waals surface area (Å²) in [5, 5.41) is 0. The zero-order valence-electron chi connectivity index (χ0n) is 9.39. The molecule has 1 aliphatic rings. The number of fused-ring (bicyclic) bond motifs is 1. The molecule has 0 radical (unpaired) electrons. The van der Waals surface area contributed by atoms with Crippen LogP contribution in [0.25, 0.3) is 0 Å². The molecular weight excluding hydrogens is 253 g/mol. The highest BCUT2D eigenvalue weighted by Crippen LogP contribution is 2.28. The molecule has 18 heavy (non-hydrogen) atoms. The van der Waals surface area contributed by atoms with Gasteiger partial charge in [0.25, 0.3) is 5.91 Å². The van der Waals surface area contributed by atoms with Gasteiger partial charge in [-0.05, 0) is 18.2 Å². The zero-order chi connectivity index (χ0) is 12.7. The molecule has 0 saturated heterocycles. The van der Waals surface area contributed by atoms with Crippen molar-refractivity contribution in [1.29, 1.82) is 0 Å². The first-order valence-electron chi connectivity index (χ1n) is 5.46. The van der Waals surface area contributed by atoms with E-state index in [1.807, 2.05) is 0 Å². The quantitative estimate of drug-likeness (QED) is 0.801. The topological polar surface area (TPSA) is 59.2 Å². The third-order valence-corrected chi connectivity index (χ3v) is 3.80. The molecule has 0 aliphatic carbocycles. The maximum Gasteiger partial charge on any atom is 0.270 e. The molecule has 0 unspecified atom stereocenters. The number of rotatable bonds is 1. The highest BCUT2D eigenvalue weighted by Gasteiger charge is 2.27. The molecule has 0 atom stereocenters. The Balaban J connectivity index is 1.99. The van der Waals surface area contributed by atoms with E-state index in [2.05, 4.69) is 4.98 Å². The average Bonchev–Trinajstić information content (AvgIpc) is 2.83. The lowest BCUT2D eigenvalue weighted by Crippen LogP contribution is -2.37. The molecule has 1 aromatic heterocycles. The number of carbonyl (C=O) groups excluding carboxylic acids is 1. The number of nitrogen functional groups attached to an aromatic ring is 1. The predicted molar refractivity (Wildman–Crippen MR) is 68.3 cm³/mol. The fourth-order valence-electron chi connectivity index (χ4n) is 2.01. The Kier molecular flexibility index (Phi) is 2.52.